The molecule has 2 aromatic rings. The Kier molecular flexibility index (Phi) is 5.62. The molecule has 7 heteroatoms. The maximum Gasteiger partial charge on any atom is 0.317 e. The predicted octanol–water partition coefficient (Wildman–Crippen LogP) is 2.21. The number of benzene rings is 1. The van der Waals surface area contributed by atoms with E-state index in [0.717, 1.165) is 57.0 Å². The molecule has 7 nitrogen and oxygen atoms in total. The summed E-state index contributed by atoms with van der Waals surface area (Å²) >= 11 is 0. The Morgan fingerprint density at radius 3 is 2.89 bits per heavy atom. The van der Waals surface area contributed by atoms with Crippen LogP contribution in [0.3, 0.4) is 0 Å². The van der Waals surface area contributed by atoms with Crippen LogP contribution in [0.15, 0.2) is 30.3 Å². The Morgan fingerprint density at radius 2 is 2.07 bits per heavy atom. The summed E-state index contributed by atoms with van der Waals surface area (Å²) < 4.78 is 1.94. The molecule has 4 rings (SSSR count). The van der Waals surface area contributed by atoms with E-state index in [1.165, 1.54) is 5.56 Å². The molecule has 2 aliphatic heterocycles. The van der Waals surface area contributed by atoms with Crippen molar-refractivity contribution < 1.29 is 4.79 Å². The van der Waals surface area contributed by atoms with Crippen LogP contribution in [0, 0.1) is 6.92 Å². The molecule has 150 valence electrons. The van der Waals surface area contributed by atoms with Crippen LogP contribution in [0.25, 0.3) is 0 Å². The Morgan fingerprint density at radius 1 is 1.25 bits per heavy atom. The number of piperidine rings is 1. The molecular weight excluding hydrogens is 352 g/mol. The molecule has 3 heterocycles. The summed E-state index contributed by atoms with van der Waals surface area (Å²) in [6.07, 6.45) is 3.97. The Labute approximate surface area is 166 Å². The number of likely N-dealkylation sites (N-methyl/N-ethyl adjacent to an activating group) is 1. The van der Waals surface area contributed by atoms with Crippen molar-refractivity contribution >= 4 is 6.03 Å². The summed E-state index contributed by atoms with van der Waals surface area (Å²) in [5, 5.41) is 7.64. The number of aromatic nitrogens is 3. The number of aryl methyl sites for hydroxylation is 2. The maximum atomic E-state index is 12.8. The van der Waals surface area contributed by atoms with E-state index in [2.05, 4.69) is 50.6 Å². The number of fused-ring (bicyclic) bond motifs is 1. The summed E-state index contributed by atoms with van der Waals surface area (Å²) in [5.41, 5.74) is 1.33. The highest BCUT2D eigenvalue weighted by atomic mass is 16.2. The van der Waals surface area contributed by atoms with E-state index in [1.807, 2.05) is 23.6 Å². The SMILES string of the molecule is Cc1nc2n(n1)CC(NC(=O)N(C)C1CCCN(Cc3ccccc3)C1)CC2. The second-order valence-electron chi connectivity index (χ2n) is 8.07. The van der Waals surface area contributed by atoms with Gasteiger partial charge in [-0.05, 0) is 38.3 Å². The first-order valence-electron chi connectivity index (χ1n) is 10.3. The van der Waals surface area contributed by atoms with E-state index in [1.54, 1.807) is 0 Å². The molecule has 2 atom stereocenters. The normalized spacial score (nSPS) is 22.5. The monoisotopic (exact) mass is 382 g/mol. The molecule has 0 bridgehead atoms. The van der Waals surface area contributed by atoms with Gasteiger partial charge in [-0.1, -0.05) is 30.3 Å². The number of carbonyl (C=O) groups excluding carboxylic acids is 1. The van der Waals surface area contributed by atoms with Crippen LogP contribution in [-0.4, -0.2) is 62.8 Å². The average Bonchev–Trinajstić information content (AvgIpc) is 3.07. The molecule has 0 aliphatic carbocycles. The lowest BCUT2D eigenvalue weighted by Crippen LogP contribution is -2.53. The second kappa shape index (κ2) is 8.31. The molecule has 2 unspecified atom stereocenters. The third-order valence-corrected chi connectivity index (χ3v) is 5.89. The summed E-state index contributed by atoms with van der Waals surface area (Å²) in [6, 6.07) is 11.0. The lowest BCUT2D eigenvalue weighted by atomic mass is 10.0. The first-order valence-corrected chi connectivity index (χ1v) is 10.3. The van der Waals surface area contributed by atoms with Crippen LogP contribution >= 0.6 is 0 Å². The molecule has 2 aliphatic rings. The smallest absolute Gasteiger partial charge is 0.317 e. The zero-order valence-corrected chi connectivity index (χ0v) is 16.8. The first kappa shape index (κ1) is 18.9. The fourth-order valence-electron chi connectivity index (χ4n) is 4.33. The first-order chi connectivity index (χ1) is 13.6. The highest BCUT2D eigenvalue weighted by molar-refractivity contribution is 5.74. The van der Waals surface area contributed by atoms with Crippen LogP contribution in [0.4, 0.5) is 4.79 Å². The fraction of sp³-hybridized carbons (Fsp3) is 0.571. The Hall–Kier alpha value is -2.41. The number of hydrogen-bond acceptors (Lipinski definition) is 4. The molecule has 0 radical (unpaired) electrons. The van der Waals surface area contributed by atoms with Crippen LogP contribution in [0.1, 0.15) is 36.5 Å². The van der Waals surface area contributed by atoms with Gasteiger partial charge in [0.15, 0.2) is 0 Å². The van der Waals surface area contributed by atoms with Crippen molar-refractivity contribution in [2.75, 3.05) is 20.1 Å². The average molecular weight is 383 g/mol. The van der Waals surface area contributed by atoms with E-state index in [0.29, 0.717) is 6.54 Å². The van der Waals surface area contributed by atoms with Crippen molar-refractivity contribution in [2.24, 2.45) is 0 Å². The Balaban J connectivity index is 1.31. The van der Waals surface area contributed by atoms with Gasteiger partial charge < -0.3 is 10.2 Å². The third-order valence-electron chi connectivity index (χ3n) is 5.89. The Bertz CT molecular complexity index is 804. The number of carbonyl (C=O) groups is 1. The van der Waals surface area contributed by atoms with E-state index in [9.17, 15) is 4.79 Å². The van der Waals surface area contributed by atoms with Gasteiger partial charge >= 0.3 is 6.03 Å². The van der Waals surface area contributed by atoms with Crippen molar-refractivity contribution in [1.82, 2.24) is 29.9 Å². The van der Waals surface area contributed by atoms with Gasteiger partial charge in [-0.3, -0.25) is 4.90 Å². The van der Waals surface area contributed by atoms with Gasteiger partial charge in [-0.15, -0.1) is 0 Å². The van der Waals surface area contributed by atoms with Gasteiger partial charge in [-0.2, -0.15) is 5.10 Å². The molecular formula is C21H30N6O. The fourth-order valence-corrected chi connectivity index (χ4v) is 4.33. The minimum absolute atomic E-state index is 0.0249. The molecule has 1 saturated heterocycles. The number of likely N-dealkylation sites (tertiary alicyclic amines) is 1. The van der Waals surface area contributed by atoms with Crippen molar-refractivity contribution in [1.29, 1.82) is 0 Å². The van der Waals surface area contributed by atoms with Crippen molar-refractivity contribution in [3.8, 4) is 0 Å². The third kappa shape index (κ3) is 4.35. The van der Waals surface area contributed by atoms with Crippen LogP contribution < -0.4 is 5.32 Å². The lowest BCUT2D eigenvalue weighted by Gasteiger charge is -2.38. The summed E-state index contributed by atoms with van der Waals surface area (Å²) in [5.74, 6) is 1.83. The lowest BCUT2D eigenvalue weighted by molar-refractivity contribution is 0.119. The summed E-state index contributed by atoms with van der Waals surface area (Å²) in [6.45, 7) is 5.59. The topological polar surface area (TPSA) is 66.3 Å². The standard InChI is InChI=1S/C21H30N6O/c1-16-22-20-11-10-18(14-27(20)24-16)23-21(28)25(2)19-9-6-12-26(15-19)13-17-7-4-3-5-8-17/h3-5,7-8,18-19H,6,9-15H2,1-2H3,(H,23,28). The number of rotatable bonds is 4. The molecule has 0 spiro atoms. The van der Waals surface area contributed by atoms with Crippen LogP contribution in [-0.2, 0) is 19.5 Å². The molecule has 1 aromatic heterocycles. The van der Waals surface area contributed by atoms with Crippen molar-refractivity contribution in [3.05, 3.63) is 47.5 Å². The molecule has 1 N–H and O–H groups in total. The molecule has 1 aromatic carbocycles. The van der Waals surface area contributed by atoms with Gasteiger partial charge in [0.05, 0.1) is 12.6 Å². The highest BCUT2D eigenvalue weighted by Gasteiger charge is 2.28. The van der Waals surface area contributed by atoms with Crippen LogP contribution in [0.2, 0.25) is 0 Å². The number of nitrogens with zero attached hydrogens (tertiary/aromatic N) is 5. The van der Waals surface area contributed by atoms with Gasteiger partial charge in [0.25, 0.3) is 0 Å². The largest absolute Gasteiger partial charge is 0.333 e. The quantitative estimate of drug-likeness (QED) is 0.880. The maximum absolute atomic E-state index is 12.8. The molecule has 1 fully saturated rings. The van der Waals surface area contributed by atoms with Crippen molar-refractivity contribution in [3.63, 3.8) is 0 Å². The van der Waals surface area contributed by atoms with E-state index < -0.39 is 0 Å². The molecule has 0 saturated carbocycles. The van der Waals surface area contributed by atoms with Crippen molar-refractivity contribution in [2.45, 2.75) is 57.8 Å². The minimum atomic E-state index is 0.0249. The van der Waals surface area contributed by atoms with Gasteiger partial charge in [-0.25, -0.2) is 14.5 Å². The van der Waals surface area contributed by atoms with Crippen LogP contribution in [0.5, 0.6) is 0 Å². The second-order valence-corrected chi connectivity index (χ2v) is 8.07. The molecule has 2 amide bonds. The van der Waals surface area contributed by atoms with Gasteiger partial charge in [0, 0.05) is 32.6 Å². The van der Waals surface area contributed by atoms with E-state index in [4.69, 9.17) is 0 Å². The number of urea groups is 1. The number of amides is 2. The highest BCUT2D eigenvalue weighted by Crippen LogP contribution is 2.18. The summed E-state index contributed by atoms with van der Waals surface area (Å²) in [7, 11) is 1.93. The van der Waals surface area contributed by atoms with E-state index >= 15 is 0 Å². The zero-order chi connectivity index (χ0) is 19.5. The van der Waals surface area contributed by atoms with E-state index in [-0.39, 0.29) is 18.1 Å². The number of hydrogen-bond donors (Lipinski definition) is 1. The molecule has 28 heavy (non-hydrogen) atoms. The predicted molar refractivity (Wildman–Crippen MR) is 108 cm³/mol. The minimum Gasteiger partial charge on any atom is -0.333 e. The zero-order valence-electron chi connectivity index (χ0n) is 16.8. The van der Waals surface area contributed by atoms with Gasteiger partial charge in [0.2, 0.25) is 0 Å². The summed E-state index contributed by atoms with van der Waals surface area (Å²) in [4.78, 5) is 21.6. The van der Waals surface area contributed by atoms with Gasteiger partial charge in [0.1, 0.15) is 11.6 Å². The number of nitrogens with one attached hydrogen (secondary N) is 1.